The first-order valence-electron chi connectivity index (χ1n) is 9.68. The zero-order valence-corrected chi connectivity index (χ0v) is 18.5. The highest BCUT2D eigenvalue weighted by Gasteiger charge is 2.14. The third-order valence-corrected chi connectivity index (χ3v) is 6.22. The minimum Gasteiger partial charge on any atom is -0.492 e. The number of ether oxygens (including phenoxy) is 1. The Morgan fingerprint density at radius 2 is 1.76 bits per heavy atom. The molecule has 0 saturated carbocycles. The Labute approximate surface area is 185 Å². The highest BCUT2D eigenvalue weighted by Crippen LogP contribution is 2.32. The summed E-state index contributed by atoms with van der Waals surface area (Å²) in [6.07, 6.45) is 0.979. The lowest BCUT2D eigenvalue weighted by molar-refractivity contribution is 0.145. The molecular weight excluding hydrogens is 431 g/mol. The molecule has 2 heterocycles. The summed E-state index contributed by atoms with van der Waals surface area (Å²) < 4.78 is 5.90. The van der Waals surface area contributed by atoms with Crippen LogP contribution in [0.1, 0.15) is 6.42 Å². The normalized spacial score (nSPS) is 15.9. The number of halogens is 3. The van der Waals surface area contributed by atoms with Crippen LogP contribution in [0.3, 0.4) is 0 Å². The number of benzene rings is 2. The van der Waals surface area contributed by atoms with Crippen molar-refractivity contribution in [2.45, 2.75) is 6.42 Å². The quantitative estimate of drug-likeness (QED) is 0.521. The van der Waals surface area contributed by atoms with Gasteiger partial charge >= 0.3 is 0 Å². The third-order valence-electron chi connectivity index (χ3n) is 5.20. The highest BCUT2D eigenvalue weighted by molar-refractivity contribution is 6.42. The summed E-state index contributed by atoms with van der Waals surface area (Å²) in [4.78, 5) is 12.7. The van der Waals surface area contributed by atoms with Crippen LogP contribution in [-0.4, -0.2) is 66.1 Å². The molecule has 154 valence electrons. The van der Waals surface area contributed by atoms with Crippen LogP contribution in [0.25, 0.3) is 22.4 Å². The first kappa shape index (κ1) is 20.8. The molecule has 5 nitrogen and oxygen atoms in total. The summed E-state index contributed by atoms with van der Waals surface area (Å²) in [7, 11) is 2.17. The smallest absolute Gasteiger partial charge is 0.138 e. The van der Waals surface area contributed by atoms with Crippen molar-refractivity contribution in [2.24, 2.45) is 0 Å². The Kier molecular flexibility index (Phi) is 6.52. The molecule has 1 N–H and O–H groups in total. The van der Waals surface area contributed by atoms with Crippen molar-refractivity contribution in [1.82, 2.24) is 19.8 Å². The van der Waals surface area contributed by atoms with Crippen molar-refractivity contribution in [3.05, 3.63) is 45.4 Å². The zero-order chi connectivity index (χ0) is 20.4. The number of fused-ring (bicyclic) bond motifs is 1. The number of piperazine rings is 1. The Balaban J connectivity index is 1.36. The van der Waals surface area contributed by atoms with E-state index in [0.717, 1.165) is 55.7 Å². The molecule has 0 spiro atoms. The monoisotopic (exact) mass is 452 g/mol. The van der Waals surface area contributed by atoms with Crippen LogP contribution in [0.15, 0.2) is 30.3 Å². The van der Waals surface area contributed by atoms with Gasteiger partial charge in [-0.1, -0.05) is 34.8 Å². The molecule has 0 amide bonds. The molecule has 1 aromatic heterocycles. The number of nitrogens with one attached hydrogen (secondary N) is 1. The first-order valence-corrected chi connectivity index (χ1v) is 10.8. The van der Waals surface area contributed by atoms with Crippen LogP contribution in [0, 0.1) is 0 Å². The predicted octanol–water partition coefficient (Wildman–Crippen LogP) is 5.21. The topological polar surface area (TPSA) is 44.4 Å². The number of aromatic nitrogens is 2. The van der Waals surface area contributed by atoms with Crippen molar-refractivity contribution in [3.63, 3.8) is 0 Å². The average molecular weight is 454 g/mol. The van der Waals surface area contributed by atoms with Crippen LogP contribution in [0.5, 0.6) is 5.75 Å². The van der Waals surface area contributed by atoms with Crippen LogP contribution in [0.4, 0.5) is 0 Å². The van der Waals surface area contributed by atoms with Gasteiger partial charge in [0, 0.05) is 38.3 Å². The molecule has 3 aromatic rings. The van der Waals surface area contributed by atoms with Gasteiger partial charge in [0.15, 0.2) is 0 Å². The Morgan fingerprint density at radius 3 is 2.52 bits per heavy atom. The van der Waals surface area contributed by atoms with E-state index in [-0.39, 0.29) is 0 Å². The third kappa shape index (κ3) is 4.98. The Hall–Kier alpha value is -1.50. The molecule has 2 aromatic carbocycles. The van der Waals surface area contributed by atoms with E-state index < -0.39 is 0 Å². The van der Waals surface area contributed by atoms with Gasteiger partial charge in [-0.3, -0.25) is 0 Å². The summed E-state index contributed by atoms with van der Waals surface area (Å²) in [5.41, 5.74) is 2.47. The number of likely N-dealkylation sites (N-methyl/N-ethyl adjacent to an activating group) is 1. The van der Waals surface area contributed by atoms with E-state index in [1.807, 2.05) is 18.2 Å². The van der Waals surface area contributed by atoms with Crippen LogP contribution >= 0.6 is 34.8 Å². The van der Waals surface area contributed by atoms with Crippen molar-refractivity contribution in [2.75, 3.05) is 46.4 Å². The summed E-state index contributed by atoms with van der Waals surface area (Å²) in [5, 5.41) is 1.54. The fourth-order valence-corrected chi connectivity index (χ4v) is 4.01. The number of rotatable bonds is 6. The van der Waals surface area contributed by atoms with Crippen molar-refractivity contribution < 1.29 is 4.74 Å². The van der Waals surface area contributed by atoms with E-state index in [9.17, 15) is 0 Å². The van der Waals surface area contributed by atoms with Crippen molar-refractivity contribution >= 4 is 45.8 Å². The second-order valence-electron chi connectivity index (χ2n) is 7.36. The molecule has 1 aliphatic rings. The Morgan fingerprint density at radius 1 is 1.00 bits per heavy atom. The molecular formula is C21H23Cl3N4O. The average Bonchev–Trinajstić information content (AvgIpc) is 3.10. The number of hydrogen-bond donors (Lipinski definition) is 1. The largest absolute Gasteiger partial charge is 0.492 e. The zero-order valence-electron chi connectivity index (χ0n) is 16.2. The lowest BCUT2D eigenvalue weighted by Crippen LogP contribution is -2.44. The van der Waals surface area contributed by atoms with Gasteiger partial charge in [0.05, 0.1) is 32.7 Å². The lowest BCUT2D eigenvalue weighted by Gasteiger charge is -2.32. The van der Waals surface area contributed by atoms with Gasteiger partial charge in [-0.25, -0.2) is 4.98 Å². The van der Waals surface area contributed by atoms with E-state index in [1.165, 1.54) is 0 Å². The molecule has 0 atom stereocenters. The second kappa shape index (κ2) is 9.11. The summed E-state index contributed by atoms with van der Waals surface area (Å²) in [6, 6.07) is 9.22. The Bertz CT molecular complexity index is 960. The molecule has 1 fully saturated rings. The first-order chi connectivity index (χ1) is 14.0. The maximum Gasteiger partial charge on any atom is 0.138 e. The van der Waals surface area contributed by atoms with Gasteiger partial charge in [0.25, 0.3) is 0 Å². The van der Waals surface area contributed by atoms with Gasteiger partial charge in [0.1, 0.15) is 11.6 Å². The van der Waals surface area contributed by atoms with E-state index in [1.54, 1.807) is 12.1 Å². The molecule has 4 rings (SSSR count). The van der Waals surface area contributed by atoms with Gasteiger partial charge in [-0.2, -0.15) is 0 Å². The summed E-state index contributed by atoms with van der Waals surface area (Å²) in [6.45, 7) is 6.21. The van der Waals surface area contributed by atoms with Crippen LogP contribution < -0.4 is 4.74 Å². The maximum atomic E-state index is 6.45. The number of imidazole rings is 1. The highest BCUT2D eigenvalue weighted by atomic mass is 35.5. The molecule has 0 unspecified atom stereocenters. The van der Waals surface area contributed by atoms with Gasteiger partial charge < -0.3 is 19.5 Å². The van der Waals surface area contributed by atoms with Crippen LogP contribution in [0.2, 0.25) is 15.1 Å². The fourth-order valence-electron chi connectivity index (χ4n) is 3.45. The SMILES string of the molecule is CN1CCN(CCCOc2ccc(-c3nc4cc(Cl)c(Cl)cc4[nH]3)cc2Cl)CC1. The minimum absolute atomic E-state index is 0.482. The van der Waals surface area contributed by atoms with E-state index >= 15 is 0 Å². The maximum absolute atomic E-state index is 6.45. The molecule has 1 aliphatic heterocycles. The number of hydrogen-bond acceptors (Lipinski definition) is 4. The molecule has 29 heavy (non-hydrogen) atoms. The van der Waals surface area contributed by atoms with E-state index in [0.29, 0.717) is 33.2 Å². The molecule has 0 aliphatic carbocycles. The number of H-pyrrole nitrogens is 1. The molecule has 8 heteroatoms. The fraction of sp³-hybridized carbons (Fsp3) is 0.381. The lowest BCUT2D eigenvalue weighted by atomic mass is 10.2. The summed E-state index contributed by atoms with van der Waals surface area (Å²) >= 11 is 18.6. The van der Waals surface area contributed by atoms with Gasteiger partial charge in [-0.15, -0.1) is 0 Å². The van der Waals surface area contributed by atoms with Gasteiger partial charge in [0.2, 0.25) is 0 Å². The minimum atomic E-state index is 0.482. The van der Waals surface area contributed by atoms with E-state index in [4.69, 9.17) is 39.5 Å². The van der Waals surface area contributed by atoms with Crippen molar-refractivity contribution in [3.8, 4) is 17.1 Å². The number of nitrogens with zero attached hydrogens (tertiary/aromatic N) is 3. The standard InChI is InChI=1S/C21H23Cl3N4O/c1-27-6-8-28(9-7-27)5-2-10-29-20-4-3-14(11-17(20)24)21-25-18-12-15(22)16(23)13-19(18)26-21/h3-4,11-13H,2,5-10H2,1H3,(H,25,26). The second-order valence-corrected chi connectivity index (χ2v) is 8.58. The molecule has 1 saturated heterocycles. The van der Waals surface area contributed by atoms with Gasteiger partial charge in [-0.05, 0) is 43.8 Å². The molecule has 0 bridgehead atoms. The van der Waals surface area contributed by atoms with Crippen molar-refractivity contribution in [1.29, 1.82) is 0 Å². The van der Waals surface area contributed by atoms with E-state index in [2.05, 4.69) is 26.8 Å². The molecule has 0 radical (unpaired) electrons. The van der Waals surface area contributed by atoms with Crippen LogP contribution in [-0.2, 0) is 0 Å². The summed E-state index contributed by atoms with van der Waals surface area (Å²) in [5.74, 6) is 1.40. The number of aromatic amines is 1. The predicted molar refractivity (Wildman–Crippen MR) is 121 cm³/mol.